The summed E-state index contributed by atoms with van der Waals surface area (Å²) in [6.45, 7) is 5.04. The molecule has 1 saturated carbocycles. The minimum atomic E-state index is -0.807. The normalized spacial score (nSPS) is 35.1. The van der Waals surface area contributed by atoms with Crippen molar-refractivity contribution in [3.63, 3.8) is 0 Å². The van der Waals surface area contributed by atoms with Crippen LogP contribution in [0.25, 0.3) is 0 Å². The molecule has 0 radical (unpaired) electrons. The fourth-order valence-electron chi connectivity index (χ4n) is 9.46. The number of rotatable bonds is 4. The van der Waals surface area contributed by atoms with Crippen LogP contribution in [0.3, 0.4) is 0 Å². The van der Waals surface area contributed by atoms with E-state index in [0.29, 0.717) is 36.0 Å². The largest absolute Gasteiger partial charge is 0.427 e. The third-order valence-electron chi connectivity index (χ3n) is 11.5. The van der Waals surface area contributed by atoms with E-state index in [1.165, 1.54) is 17.1 Å². The topological polar surface area (TPSA) is 114 Å². The highest BCUT2D eigenvalue weighted by atomic mass is 33.1. The number of imide groups is 1. The van der Waals surface area contributed by atoms with Crippen molar-refractivity contribution in [3.8, 4) is 0 Å². The molecule has 5 heterocycles. The Morgan fingerprint density at radius 1 is 1.04 bits per heavy atom. The maximum atomic E-state index is 14.4. The lowest BCUT2D eigenvalue weighted by Gasteiger charge is -2.57. The van der Waals surface area contributed by atoms with Gasteiger partial charge in [-0.05, 0) is 85.7 Å². The van der Waals surface area contributed by atoms with Gasteiger partial charge in [0.05, 0.1) is 22.7 Å². The van der Waals surface area contributed by atoms with E-state index in [2.05, 4.69) is 42.7 Å². The van der Waals surface area contributed by atoms with Crippen molar-refractivity contribution in [1.82, 2.24) is 15.5 Å². The van der Waals surface area contributed by atoms with Crippen LogP contribution in [0.15, 0.2) is 81.7 Å². The van der Waals surface area contributed by atoms with Gasteiger partial charge in [0.1, 0.15) is 11.5 Å². The molecule has 4 aliphatic carbocycles. The van der Waals surface area contributed by atoms with Gasteiger partial charge in [-0.1, -0.05) is 47.9 Å². The number of unbranched alkanes of at least 4 members (excludes halogenated alkanes) is 1. The molecule has 6 atom stereocenters. The van der Waals surface area contributed by atoms with E-state index < -0.39 is 11.3 Å². The Morgan fingerprint density at radius 3 is 2.69 bits per heavy atom. The molecule has 11 heteroatoms. The first-order valence-corrected chi connectivity index (χ1v) is 19.8. The van der Waals surface area contributed by atoms with Gasteiger partial charge in [-0.2, -0.15) is 0 Å². The maximum absolute atomic E-state index is 14.4. The summed E-state index contributed by atoms with van der Waals surface area (Å²) >= 11 is 0. The minimum Gasteiger partial charge on any atom is -0.427 e. The highest BCUT2D eigenvalue weighted by molar-refractivity contribution is 8.76. The monoisotopic (exact) mass is 687 g/mol. The SMILES string of the molecule is CCCC=C1OC(=O)C2=C1CCC1C3CCC4(C5=CCC(C)CSSCNC6=CC(=CCN6)C(CN6C(=O)C=CC6=O)C3=C4C(=O)O5)C21. The molecule has 0 aromatic heterocycles. The molecule has 48 heavy (non-hydrogen) atoms. The van der Waals surface area contributed by atoms with Gasteiger partial charge >= 0.3 is 11.9 Å². The summed E-state index contributed by atoms with van der Waals surface area (Å²) in [5.74, 6) is 2.35. The van der Waals surface area contributed by atoms with Gasteiger partial charge in [0.25, 0.3) is 11.8 Å². The Morgan fingerprint density at radius 2 is 1.88 bits per heavy atom. The number of esters is 2. The Balaban J connectivity index is 1.35. The van der Waals surface area contributed by atoms with Gasteiger partial charge in [0.15, 0.2) is 0 Å². The van der Waals surface area contributed by atoms with E-state index in [0.717, 1.165) is 78.3 Å². The molecule has 2 N–H and O–H groups in total. The van der Waals surface area contributed by atoms with Crippen molar-refractivity contribution in [2.24, 2.45) is 35.0 Å². The van der Waals surface area contributed by atoms with Gasteiger partial charge in [-0.25, -0.2) is 9.59 Å². The van der Waals surface area contributed by atoms with Crippen molar-refractivity contribution in [2.75, 3.05) is 24.7 Å². The van der Waals surface area contributed by atoms with Crippen LogP contribution in [0.5, 0.6) is 0 Å². The molecular formula is C37H41N3O6S2. The Hall–Kier alpha value is -3.44. The second-order valence-electron chi connectivity index (χ2n) is 14.1. The molecule has 1 saturated heterocycles. The zero-order valence-electron chi connectivity index (χ0n) is 27.3. The zero-order chi connectivity index (χ0) is 33.2. The van der Waals surface area contributed by atoms with Crippen molar-refractivity contribution in [3.05, 3.63) is 81.7 Å². The van der Waals surface area contributed by atoms with E-state index in [4.69, 9.17) is 9.47 Å². The molecule has 0 aromatic carbocycles. The second kappa shape index (κ2) is 12.5. The van der Waals surface area contributed by atoms with Crippen LogP contribution < -0.4 is 10.6 Å². The fraction of sp³-hybridized carbons (Fsp3) is 0.514. The fourth-order valence-corrected chi connectivity index (χ4v) is 11.6. The van der Waals surface area contributed by atoms with Crippen LogP contribution in [-0.4, -0.2) is 53.4 Å². The molecule has 2 fully saturated rings. The molecule has 9 rings (SSSR count). The van der Waals surface area contributed by atoms with Crippen LogP contribution >= 0.6 is 21.6 Å². The maximum Gasteiger partial charge on any atom is 0.340 e. The average Bonchev–Trinajstić information content (AvgIpc) is 3.70. The van der Waals surface area contributed by atoms with Crippen LogP contribution in [0.4, 0.5) is 0 Å². The van der Waals surface area contributed by atoms with E-state index in [9.17, 15) is 19.2 Å². The molecule has 5 aliphatic heterocycles. The van der Waals surface area contributed by atoms with Crippen molar-refractivity contribution in [2.45, 2.75) is 58.8 Å². The highest BCUT2D eigenvalue weighted by Gasteiger charge is 2.69. The highest BCUT2D eigenvalue weighted by Crippen LogP contribution is 2.71. The first-order valence-electron chi connectivity index (χ1n) is 17.3. The third-order valence-corrected chi connectivity index (χ3v) is 13.9. The van der Waals surface area contributed by atoms with Gasteiger partial charge in [0, 0.05) is 54.0 Å². The number of carbonyl (C=O) groups is 4. The number of carbonyl (C=O) groups excluding carboxylic acids is 4. The average molecular weight is 688 g/mol. The Labute approximate surface area is 288 Å². The summed E-state index contributed by atoms with van der Waals surface area (Å²) in [7, 11) is 3.57. The van der Waals surface area contributed by atoms with E-state index in [1.54, 1.807) is 10.8 Å². The van der Waals surface area contributed by atoms with Crippen LogP contribution in [0, 0.1) is 35.0 Å². The number of cyclic esters (lactones) is 1. The second-order valence-corrected chi connectivity index (χ2v) is 16.6. The predicted molar refractivity (Wildman–Crippen MR) is 184 cm³/mol. The minimum absolute atomic E-state index is 0.0135. The standard InChI is InChI=1S/C37H41N3O6S2/c1-3-4-5-26-24-8-7-23-22-12-14-37(33(23)32(24)35(43)45-26)27-9-6-20(2)18-47-48-19-39-28-16-21(13-15-38-28)25(31(22)34(37)36(44)46-27)17-40-29(41)10-11-30(40)42/h5,9-11,13,16,20,22-23,25,33,38-39H,3-4,6-8,12,14-15,17-19H2,1-2H3. The lowest BCUT2D eigenvalue weighted by atomic mass is 9.43. The summed E-state index contributed by atoms with van der Waals surface area (Å²) in [5.41, 5.74) is 3.51. The number of hydrogen-bond acceptors (Lipinski definition) is 10. The number of nitrogens with one attached hydrogen (secondary N) is 2. The molecule has 7 bridgehead atoms. The summed E-state index contributed by atoms with van der Waals surface area (Å²) < 4.78 is 12.3. The Kier molecular flexibility index (Phi) is 8.26. The van der Waals surface area contributed by atoms with Crippen LogP contribution in [-0.2, 0) is 28.7 Å². The summed E-state index contributed by atoms with van der Waals surface area (Å²) in [5, 5.41) is 6.94. The summed E-state index contributed by atoms with van der Waals surface area (Å²) in [6, 6.07) is 0. The predicted octanol–water partition coefficient (Wildman–Crippen LogP) is 5.58. The zero-order valence-corrected chi connectivity index (χ0v) is 29.0. The Bertz CT molecular complexity index is 1700. The molecule has 9 aliphatic rings. The van der Waals surface area contributed by atoms with E-state index in [1.807, 2.05) is 16.9 Å². The van der Waals surface area contributed by atoms with Crippen molar-refractivity contribution >= 4 is 45.3 Å². The molecule has 0 aromatic rings. The molecule has 1 spiro atoms. The van der Waals surface area contributed by atoms with Gasteiger partial charge < -0.3 is 20.1 Å². The third kappa shape index (κ3) is 4.97. The molecular weight excluding hydrogens is 647 g/mol. The summed E-state index contributed by atoms with van der Waals surface area (Å²) in [6.07, 6.45) is 16.7. The smallest absolute Gasteiger partial charge is 0.340 e. The quantitative estimate of drug-likeness (QED) is 0.221. The van der Waals surface area contributed by atoms with Crippen LogP contribution in [0.1, 0.15) is 58.8 Å². The lowest BCUT2D eigenvalue weighted by Crippen LogP contribution is -2.54. The molecule has 9 nitrogen and oxygen atoms in total. The van der Waals surface area contributed by atoms with Gasteiger partial charge in [0.2, 0.25) is 0 Å². The number of fused-ring (bicyclic) bond motifs is 2. The number of nitrogens with zero attached hydrogens (tertiary/aromatic N) is 1. The van der Waals surface area contributed by atoms with Gasteiger partial charge in [-0.15, -0.1) is 0 Å². The van der Waals surface area contributed by atoms with E-state index in [-0.39, 0.29) is 48.1 Å². The molecule has 6 unspecified atom stereocenters. The first-order chi connectivity index (χ1) is 23.3. The van der Waals surface area contributed by atoms with Crippen LogP contribution in [0.2, 0.25) is 0 Å². The number of dihydropyridines is 1. The van der Waals surface area contributed by atoms with Crippen molar-refractivity contribution < 1.29 is 28.7 Å². The van der Waals surface area contributed by atoms with Crippen molar-refractivity contribution in [1.29, 1.82) is 0 Å². The number of allylic oxidation sites excluding steroid dienone is 5. The number of amides is 2. The van der Waals surface area contributed by atoms with E-state index >= 15 is 0 Å². The number of hydrogen-bond donors (Lipinski definition) is 2. The number of ether oxygens (including phenoxy) is 2. The molecule has 2 amide bonds. The molecule has 252 valence electrons. The lowest BCUT2D eigenvalue weighted by molar-refractivity contribution is -0.138. The summed E-state index contributed by atoms with van der Waals surface area (Å²) in [4.78, 5) is 55.6. The first kappa shape index (κ1) is 31.8. The van der Waals surface area contributed by atoms with Gasteiger partial charge in [-0.3, -0.25) is 14.5 Å².